The van der Waals surface area contributed by atoms with Gasteiger partial charge in [0.1, 0.15) is 16.4 Å². The Morgan fingerprint density at radius 2 is 2.23 bits per heavy atom. The summed E-state index contributed by atoms with van der Waals surface area (Å²) in [5, 5.41) is 8.55. The maximum absolute atomic E-state index is 12.3. The summed E-state index contributed by atoms with van der Waals surface area (Å²) in [6.07, 6.45) is -2.58. The van der Waals surface area contributed by atoms with Crippen LogP contribution in [-0.2, 0) is 0 Å². The van der Waals surface area contributed by atoms with Crippen molar-refractivity contribution in [3.63, 3.8) is 0 Å². The summed E-state index contributed by atoms with van der Waals surface area (Å²) >= 11 is 2.88. The van der Waals surface area contributed by atoms with E-state index in [0.717, 1.165) is 0 Å². The lowest BCUT2D eigenvalue weighted by atomic mass is 10.2. The molecule has 0 saturated carbocycles. The van der Waals surface area contributed by atoms with Crippen molar-refractivity contribution in [2.75, 3.05) is 0 Å². The molecule has 0 saturated heterocycles. The summed E-state index contributed by atoms with van der Waals surface area (Å²) in [4.78, 5) is 3.69. The van der Waals surface area contributed by atoms with Crippen LogP contribution in [0, 0.1) is 18.3 Å². The van der Waals surface area contributed by atoms with Gasteiger partial charge in [0, 0.05) is 0 Å². The van der Waals surface area contributed by atoms with Crippen molar-refractivity contribution in [2.45, 2.75) is 13.3 Å². The number of nitrogens with zero attached hydrogens (tertiary/aromatic N) is 2. The molecule has 0 fully saturated rings. The van der Waals surface area contributed by atoms with Gasteiger partial charge in [-0.3, -0.25) is 0 Å². The lowest BCUT2D eigenvalue weighted by molar-refractivity contribution is 0.150. The van der Waals surface area contributed by atoms with E-state index in [1.165, 1.54) is 6.07 Å². The second-order valence-electron chi connectivity index (χ2n) is 2.45. The number of alkyl halides is 2. The maximum atomic E-state index is 12.3. The minimum absolute atomic E-state index is 0.0321. The van der Waals surface area contributed by atoms with Crippen molar-refractivity contribution in [3.8, 4) is 6.07 Å². The zero-order valence-corrected chi connectivity index (χ0v) is 8.27. The number of nitriles is 1. The molecular weight excluding hydrogens is 242 g/mol. The molecule has 0 bridgehead atoms. The predicted molar refractivity (Wildman–Crippen MR) is 46.3 cm³/mol. The van der Waals surface area contributed by atoms with Gasteiger partial charge in [-0.1, -0.05) is 0 Å². The van der Waals surface area contributed by atoms with Crippen molar-refractivity contribution in [1.82, 2.24) is 4.98 Å². The van der Waals surface area contributed by atoms with E-state index in [0.29, 0.717) is 5.56 Å². The van der Waals surface area contributed by atoms with Gasteiger partial charge in [0.25, 0.3) is 6.43 Å². The van der Waals surface area contributed by atoms with Crippen LogP contribution in [-0.4, -0.2) is 4.98 Å². The average Bonchev–Trinajstić information content (AvgIpc) is 2.07. The van der Waals surface area contributed by atoms with Crippen LogP contribution in [0.25, 0.3) is 0 Å². The molecule has 0 unspecified atom stereocenters. The van der Waals surface area contributed by atoms with E-state index in [9.17, 15) is 8.78 Å². The fourth-order valence-electron chi connectivity index (χ4n) is 0.878. The molecule has 0 spiro atoms. The van der Waals surface area contributed by atoms with Gasteiger partial charge in [-0.25, -0.2) is 13.8 Å². The maximum Gasteiger partial charge on any atom is 0.266 e. The highest BCUT2D eigenvalue weighted by Crippen LogP contribution is 2.27. The standard InChI is InChI=1S/C8H5BrF2N2/c1-4-2-5(8(10)11)7(9)13-6(4)3-12/h2,8H,1H3. The van der Waals surface area contributed by atoms with Gasteiger partial charge in [0.2, 0.25) is 0 Å². The third-order valence-electron chi connectivity index (χ3n) is 1.53. The third kappa shape index (κ3) is 2.01. The molecule has 0 aliphatic carbocycles. The Morgan fingerprint density at radius 1 is 1.62 bits per heavy atom. The molecule has 0 N–H and O–H groups in total. The van der Waals surface area contributed by atoms with Crippen LogP contribution in [0.15, 0.2) is 10.7 Å². The summed E-state index contributed by atoms with van der Waals surface area (Å²) in [7, 11) is 0. The van der Waals surface area contributed by atoms with Crippen LogP contribution in [0.1, 0.15) is 23.2 Å². The SMILES string of the molecule is Cc1cc(C(F)F)c(Br)nc1C#N. The first-order valence-electron chi connectivity index (χ1n) is 3.41. The first-order valence-corrected chi connectivity index (χ1v) is 4.21. The molecule has 68 valence electrons. The molecule has 5 heteroatoms. The van der Waals surface area contributed by atoms with Crippen molar-refractivity contribution < 1.29 is 8.78 Å². The summed E-state index contributed by atoms with van der Waals surface area (Å²) in [5.74, 6) is 0. The Kier molecular flexibility index (Phi) is 2.94. The molecule has 1 rings (SSSR count). The number of pyridine rings is 1. The summed E-state index contributed by atoms with van der Waals surface area (Å²) < 4.78 is 24.6. The summed E-state index contributed by atoms with van der Waals surface area (Å²) in [5.41, 5.74) is 0.439. The van der Waals surface area contributed by atoms with Gasteiger partial charge in [0.05, 0.1) is 5.56 Å². The van der Waals surface area contributed by atoms with Gasteiger partial charge < -0.3 is 0 Å². The topological polar surface area (TPSA) is 36.7 Å². The molecule has 0 aliphatic rings. The molecule has 2 nitrogen and oxygen atoms in total. The van der Waals surface area contributed by atoms with E-state index in [1.807, 2.05) is 6.07 Å². The van der Waals surface area contributed by atoms with E-state index >= 15 is 0 Å². The molecule has 13 heavy (non-hydrogen) atoms. The molecule has 1 aromatic heterocycles. The van der Waals surface area contributed by atoms with Crippen molar-refractivity contribution in [3.05, 3.63) is 27.5 Å². The Labute approximate surface area is 82.3 Å². The Morgan fingerprint density at radius 3 is 2.69 bits per heavy atom. The fourth-order valence-corrected chi connectivity index (χ4v) is 1.34. The lowest BCUT2D eigenvalue weighted by Gasteiger charge is -2.04. The smallest absolute Gasteiger partial charge is 0.229 e. The molecule has 0 radical (unpaired) electrons. The van der Waals surface area contributed by atoms with Crippen molar-refractivity contribution in [1.29, 1.82) is 5.26 Å². The monoisotopic (exact) mass is 246 g/mol. The predicted octanol–water partition coefficient (Wildman–Crippen LogP) is 2.96. The van der Waals surface area contributed by atoms with Gasteiger partial charge in [-0.2, -0.15) is 5.26 Å². The van der Waals surface area contributed by atoms with Crippen LogP contribution in [0.4, 0.5) is 8.78 Å². The van der Waals surface area contributed by atoms with E-state index in [1.54, 1.807) is 6.92 Å². The number of hydrogen-bond acceptors (Lipinski definition) is 2. The van der Waals surface area contributed by atoms with Crippen LogP contribution >= 0.6 is 15.9 Å². The molecule has 0 aromatic carbocycles. The van der Waals surface area contributed by atoms with Gasteiger partial charge in [0.15, 0.2) is 0 Å². The summed E-state index contributed by atoms with van der Waals surface area (Å²) in [6, 6.07) is 3.08. The van der Waals surface area contributed by atoms with E-state index < -0.39 is 6.43 Å². The highest BCUT2D eigenvalue weighted by Gasteiger charge is 2.14. The van der Waals surface area contributed by atoms with Gasteiger partial charge in [-0.15, -0.1) is 0 Å². The first kappa shape index (κ1) is 10.1. The van der Waals surface area contributed by atoms with Crippen molar-refractivity contribution >= 4 is 15.9 Å². The average molecular weight is 247 g/mol. The second kappa shape index (κ2) is 3.79. The van der Waals surface area contributed by atoms with Crippen LogP contribution < -0.4 is 0 Å². The fraction of sp³-hybridized carbons (Fsp3) is 0.250. The van der Waals surface area contributed by atoms with E-state index in [2.05, 4.69) is 20.9 Å². The van der Waals surface area contributed by atoms with Crippen LogP contribution in [0.3, 0.4) is 0 Å². The largest absolute Gasteiger partial charge is 0.266 e. The first-order chi connectivity index (χ1) is 6.06. The molecule has 0 amide bonds. The second-order valence-corrected chi connectivity index (χ2v) is 3.20. The Balaban J connectivity index is 3.31. The van der Waals surface area contributed by atoms with Crippen molar-refractivity contribution in [2.24, 2.45) is 0 Å². The van der Waals surface area contributed by atoms with Crippen LogP contribution in [0.2, 0.25) is 0 Å². The molecular formula is C8H5BrF2N2. The summed E-state index contributed by atoms with van der Waals surface area (Å²) in [6.45, 7) is 1.57. The molecule has 1 heterocycles. The number of hydrogen-bond donors (Lipinski definition) is 0. The third-order valence-corrected chi connectivity index (χ3v) is 2.17. The van der Waals surface area contributed by atoms with E-state index in [4.69, 9.17) is 5.26 Å². The van der Waals surface area contributed by atoms with Crippen LogP contribution in [0.5, 0.6) is 0 Å². The lowest BCUT2D eigenvalue weighted by Crippen LogP contribution is -1.95. The number of aryl methyl sites for hydroxylation is 1. The van der Waals surface area contributed by atoms with Gasteiger partial charge in [-0.05, 0) is 34.5 Å². The number of rotatable bonds is 1. The number of aromatic nitrogens is 1. The zero-order valence-electron chi connectivity index (χ0n) is 6.68. The molecule has 0 atom stereocenters. The minimum atomic E-state index is -2.58. The molecule has 1 aromatic rings. The normalized spacial score (nSPS) is 10.2. The minimum Gasteiger partial charge on any atom is -0.229 e. The quantitative estimate of drug-likeness (QED) is 0.715. The highest BCUT2D eigenvalue weighted by atomic mass is 79.9. The Bertz CT molecular complexity index is 371. The van der Waals surface area contributed by atoms with E-state index in [-0.39, 0.29) is 15.9 Å². The Hall–Kier alpha value is -1.02. The van der Waals surface area contributed by atoms with Gasteiger partial charge >= 0.3 is 0 Å². The zero-order chi connectivity index (χ0) is 10.0. The molecule has 0 aliphatic heterocycles. The highest BCUT2D eigenvalue weighted by molar-refractivity contribution is 9.10. The number of halogens is 3.